The van der Waals surface area contributed by atoms with E-state index in [2.05, 4.69) is 30.2 Å². The fourth-order valence-corrected chi connectivity index (χ4v) is 4.08. The normalized spacial score (nSPS) is 26.9. The van der Waals surface area contributed by atoms with Crippen LogP contribution in [-0.4, -0.2) is 51.6 Å². The Labute approximate surface area is 131 Å². The highest BCUT2D eigenvalue weighted by Gasteiger charge is 2.33. The summed E-state index contributed by atoms with van der Waals surface area (Å²) < 4.78 is 8.44. The van der Waals surface area contributed by atoms with Crippen molar-refractivity contribution in [1.82, 2.24) is 19.3 Å². The third kappa shape index (κ3) is 2.23. The highest BCUT2D eigenvalue weighted by Crippen LogP contribution is 2.33. The molecule has 0 bridgehead atoms. The molecule has 0 radical (unpaired) electrons. The van der Waals surface area contributed by atoms with Gasteiger partial charge in [-0.2, -0.15) is 0 Å². The molecule has 0 unspecified atom stereocenters. The third-order valence-corrected chi connectivity index (χ3v) is 5.14. The highest BCUT2D eigenvalue weighted by molar-refractivity contribution is 9.10. The number of halogens is 1. The van der Waals surface area contributed by atoms with Gasteiger partial charge in [0.2, 0.25) is 0 Å². The van der Waals surface area contributed by atoms with Crippen LogP contribution in [0.15, 0.2) is 17.0 Å². The molecule has 2 aromatic heterocycles. The van der Waals surface area contributed by atoms with Crippen LogP contribution in [0.3, 0.4) is 0 Å². The van der Waals surface area contributed by atoms with E-state index in [9.17, 15) is 0 Å². The van der Waals surface area contributed by atoms with E-state index in [0.29, 0.717) is 17.8 Å². The molecule has 7 heteroatoms. The summed E-state index contributed by atoms with van der Waals surface area (Å²) in [5.41, 5.74) is 6.85. The number of nitrogen functional groups attached to an aromatic ring is 1. The topological polar surface area (TPSA) is 68.7 Å². The number of anilines is 1. The molecule has 2 atom stereocenters. The van der Waals surface area contributed by atoms with E-state index in [1.807, 2.05) is 6.20 Å². The molecular weight excluding hydrogens is 334 g/mol. The van der Waals surface area contributed by atoms with Crippen molar-refractivity contribution in [1.29, 1.82) is 0 Å². The molecule has 0 aliphatic carbocycles. The monoisotopic (exact) mass is 351 g/mol. The van der Waals surface area contributed by atoms with Gasteiger partial charge in [0, 0.05) is 37.4 Å². The van der Waals surface area contributed by atoms with Crippen LogP contribution >= 0.6 is 15.9 Å². The Kier molecular flexibility index (Phi) is 3.35. The second-order valence-electron chi connectivity index (χ2n) is 5.79. The minimum Gasteiger partial charge on any atom is -0.382 e. The number of aromatic nitrogens is 3. The molecule has 4 heterocycles. The van der Waals surface area contributed by atoms with Crippen molar-refractivity contribution in [3.05, 3.63) is 22.8 Å². The summed E-state index contributed by atoms with van der Waals surface area (Å²) in [5.74, 6) is 2.03. The average molecular weight is 352 g/mol. The minimum absolute atomic E-state index is 0.431. The maximum atomic E-state index is 5.98. The molecule has 2 aliphatic heterocycles. The van der Waals surface area contributed by atoms with E-state index >= 15 is 0 Å². The van der Waals surface area contributed by atoms with Crippen molar-refractivity contribution in [2.75, 3.05) is 32.0 Å². The van der Waals surface area contributed by atoms with Crippen molar-refractivity contribution >= 4 is 27.3 Å². The molecule has 6 nitrogen and oxygen atoms in total. The second-order valence-corrected chi connectivity index (χ2v) is 6.54. The zero-order valence-electron chi connectivity index (χ0n) is 11.7. The van der Waals surface area contributed by atoms with Crippen LogP contribution < -0.4 is 5.73 Å². The molecule has 0 amide bonds. The molecule has 21 heavy (non-hydrogen) atoms. The molecule has 2 aromatic rings. The number of imidazole rings is 1. The van der Waals surface area contributed by atoms with Gasteiger partial charge in [-0.3, -0.25) is 9.30 Å². The van der Waals surface area contributed by atoms with Gasteiger partial charge in [0.1, 0.15) is 15.9 Å². The summed E-state index contributed by atoms with van der Waals surface area (Å²) in [6, 6.07) is 0.580. The number of rotatable bonds is 1. The predicted molar refractivity (Wildman–Crippen MR) is 83.3 cm³/mol. The molecule has 2 fully saturated rings. The zero-order chi connectivity index (χ0) is 14.4. The maximum Gasteiger partial charge on any atom is 0.150 e. The number of hydrogen-bond donors (Lipinski definition) is 1. The van der Waals surface area contributed by atoms with Crippen molar-refractivity contribution in [2.45, 2.75) is 24.8 Å². The molecule has 4 rings (SSSR count). The van der Waals surface area contributed by atoms with E-state index < -0.39 is 0 Å². The Morgan fingerprint density at radius 1 is 1.38 bits per heavy atom. The van der Waals surface area contributed by atoms with Crippen molar-refractivity contribution in [2.24, 2.45) is 0 Å². The predicted octanol–water partition coefficient (Wildman–Crippen LogP) is 1.65. The fourth-order valence-electron chi connectivity index (χ4n) is 3.50. The molecular formula is C14H18BrN5O. The van der Waals surface area contributed by atoms with Crippen LogP contribution in [0, 0.1) is 0 Å². The summed E-state index contributed by atoms with van der Waals surface area (Å²) in [6.45, 7) is 3.78. The third-order valence-electron chi connectivity index (χ3n) is 4.59. The molecule has 2 aliphatic rings. The Balaban J connectivity index is 1.69. The van der Waals surface area contributed by atoms with Crippen LogP contribution in [0.2, 0.25) is 0 Å². The van der Waals surface area contributed by atoms with Gasteiger partial charge >= 0.3 is 0 Å². The van der Waals surface area contributed by atoms with Gasteiger partial charge in [0.25, 0.3) is 0 Å². The number of nitrogens with zero attached hydrogens (tertiary/aromatic N) is 4. The summed E-state index contributed by atoms with van der Waals surface area (Å²) in [6.07, 6.45) is 5.99. The van der Waals surface area contributed by atoms with E-state index in [4.69, 9.17) is 15.5 Å². The Morgan fingerprint density at radius 3 is 3.19 bits per heavy atom. The number of morpholine rings is 1. The SMILES string of the molecule is Nc1nccn2c([C@H]3CC[C@@H]4COCCN4C3)nc(Br)c12. The van der Waals surface area contributed by atoms with Gasteiger partial charge in [-0.05, 0) is 28.8 Å². The number of hydrogen-bond acceptors (Lipinski definition) is 5. The molecule has 0 aromatic carbocycles. The number of fused-ring (bicyclic) bond motifs is 2. The van der Waals surface area contributed by atoms with Gasteiger partial charge in [-0.1, -0.05) is 0 Å². The minimum atomic E-state index is 0.431. The largest absolute Gasteiger partial charge is 0.382 e. The lowest BCUT2D eigenvalue weighted by molar-refractivity contribution is -0.0285. The smallest absolute Gasteiger partial charge is 0.150 e. The summed E-state index contributed by atoms with van der Waals surface area (Å²) in [4.78, 5) is 11.4. The lowest BCUT2D eigenvalue weighted by atomic mass is 9.92. The summed E-state index contributed by atoms with van der Waals surface area (Å²) in [5, 5.41) is 0. The van der Waals surface area contributed by atoms with Crippen LogP contribution in [-0.2, 0) is 4.74 Å². The molecule has 2 N–H and O–H groups in total. The first-order chi connectivity index (χ1) is 10.2. The van der Waals surface area contributed by atoms with Crippen LogP contribution in [0.5, 0.6) is 0 Å². The standard InChI is InChI=1S/C14H18BrN5O/c15-12-11-13(16)17-3-4-20(11)14(18-12)9-1-2-10-8-21-6-5-19(10)7-9/h3-4,9-10H,1-2,5-8H2,(H2,16,17)/t9-,10+/m0/s1. The second kappa shape index (κ2) is 5.23. The fraction of sp³-hybridized carbons (Fsp3) is 0.571. The quantitative estimate of drug-likeness (QED) is 0.845. The Hall–Kier alpha value is -1.18. The molecule has 0 saturated carbocycles. The van der Waals surface area contributed by atoms with E-state index in [0.717, 1.165) is 55.1 Å². The average Bonchev–Trinajstić information content (AvgIpc) is 2.85. The Morgan fingerprint density at radius 2 is 2.29 bits per heavy atom. The summed E-state index contributed by atoms with van der Waals surface area (Å²) >= 11 is 3.52. The Bertz CT molecular complexity index is 673. The van der Waals surface area contributed by atoms with E-state index in [-0.39, 0.29) is 0 Å². The summed E-state index contributed by atoms with van der Waals surface area (Å²) in [7, 11) is 0. The van der Waals surface area contributed by atoms with Gasteiger partial charge in [0.15, 0.2) is 5.82 Å². The lowest BCUT2D eigenvalue weighted by Gasteiger charge is -2.41. The first kappa shape index (κ1) is 13.5. The molecule has 2 saturated heterocycles. The van der Waals surface area contributed by atoms with Crippen LogP contribution in [0.4, 0.5) is 5.82 Å². The van der Waals surface area contributed by atoms with Gasteiger partial charge < -0.3 is 10.5 Å². The van der Waals surface area contributed by atoms with E-state index in [1.54, 1.807) is 6.20 Å². The van der Waals surface area contributed by atoms with E-state index in [1.165, 1.54) is 0 Å². The zero-order valence-corrected chi connectivity index (χ0v) is 13.3. The highest BCUT2D eigenvalue weighted by atomic mass is 79.9. The van der Waals surface area contributed by atoms with Crippen molar-refractivity contribution in [3.63, 3.8) is 0 Å². The van der Waals surface area contributed by atoms with Gasteiger partial charge in [-0.15, -0.1) is 0 Å². The maximum absolute atomic E-state index is 5.98. The number of ether oxygens (including phenoxy) is 1. The first-order valence-corrected chi connectivity index (χ1v) is 8.13. The van der Waals surface area contributed by atoms with Gasteiger partial charge in [0.05, 0.1) is 13.2 Å². The van der Waals surface area contributed by atoms with Crippen LogP contribution in [0.25, 0.3) is 5.52 Å². The van der Waals surface area contributed by atoms with Crippen molar-refractivity contribution in [3.8, 4) is 0 Å². The first-order valence-electron chi connectivity index (χ1n) is 7.34. The number of piperidine rings is 1. The lowest BCUT2D eigenvalue weighted by Crippen LogP contribution is -2.50. The number of nitrogens with two attached hydrogens (primary N) is 1. The molecule has 112 valence electrons. The van der Waals surface area contributed by atoms with Crippen LogP contribution in [0.1, 0.15) is 24.6 Å². The van der Waals surface area contributed by atoms with Gasteiger partial charge in [-0.25, -0.2) is 9.97 Å². The van der Waals surface area contributed by atoms with Crippen molar-refractivity contribution < 1.29 is 4.74 Å². The molecule has 0 spiro atoms.